The van der Waals surface area contributed by atoms with Crippen LogP contribution < -0.4 is 10.6 Å². The van der Waals surface area contributed by atoms with E-state index < -0.39 is 17.9 Å². The maximum absolute atomic E-state index is 14.0. The molecule has 26 heavy (non-hydrogen) atoms. The number of aliphatic carboxylic acids is 1. The van der Waals surface area contributed by atoms with Crippen molar-refractivity contribution in [1.82, 2.24) is 5.32 Å². The van der Waals surface area contributed by atoms with Crippen molar-refractivity contribution in [2.24, 2.45) is 0 Å². The Hall–Kier alpha value is -2.15. The van der Waals surface area contributed by atoms with Crippen molar-refractivity contribution in [3.63, 3.8) is 0 Å². The van der Waals surface area contributed by atoms with Crippen molar-refractivity contribution < 1.29 is 19.4 Å². The fourth-order valence-electron chi connectivity index (χ4n) is 2.47. The van der Waals surface area contributed by atoms with Gasteiger partial charge in [0, 0.05) is 24.2 Å². The van der Waals surface area contributed by atoms with Gasteiger partial charge in [-0.25, -0.2) is 4.39 Å². The maximum atomic E-state index is 14.0. The first-order valence-electron chi connectivity index (χ1n) is 8.26. The van der Waals surface area contributed by atoms with Crippen LogP contribution in [0.4, 0.5) is 10.1 Å². The van der Waals surface area contributed by atoms with Gasteiger partial charge < -0.3 is 20.8 Å². The number of rotatable bonds is 9. The Morgan fingerprint density at radius 3 is 2.65 bits per heavy atom. The molecule has 0 aromatic heterocycles. The molecule has 0 aliphatic heterocycles. The maximum Gasteiger partial charge on any atom is 0.307 e. The lowest BCUT2D eigenvalue weighted by molar-refractivity contribution is -0.136. The third-order valence-corrected chi connectivity index (χ3v) is 4.12. The fourth-order valence-corrected chi connectivity index (χ4v) is 2.67. The van der Waals surface area contributed by atoms with E-state index in [4.69, 9.17) is 16.7 Å². The predicted molar refractivity (Wildman–Crippen MR) is 100 cm³/mol. The highest BCUT2D eigenvalue weighted by Crippen LogP contribution is 2.18. The van der Waals surface area contributed by atoms with E-state index in [0.717, 1.165) is 5.56 Å². The lowest BCUT2D eigenvalue weighted by atomic mass is 10.1. The van der Waals surface area contributed by atoms with E-state index in [1.807, 2.05) is 6.92 Å². The van der Waals surface area contributed by atoms with Crippen molar-refractivity contribution in [3.8, 4) is 0 Å². The Bertz CT molecular complexity index is 757. The molecule has 0 fully saturated rings. The van der Waals surface area contributed by atoms with E-state index in [1.54, 1.807) is 30.3 Å². The number of aliphatic hydroxyl groups excluding tert-OH is 1. The summed E-state index contributed by atoms with van der Waals surface area (Å²) in [5.41, 5.74) is 1.45. The van der Waals surface area contributed by atoms with E-state index in [0.29, 0.717) is 29.4 Å². The third-order valence-electron chi connectivity index (χ3n) is 3.88. The number of nitrogens with one attached hydrogen (secondary N) is 2. The lowest BCUT2D eigenvalue weighted by Gasteiger charge is -2.19. The van der Waals surface area contributed by atoms with Crippen molar-refractivity contribution in [2.45, 2.75) is 25.5 Å². The zero-order valence-electron chi connectivity index (χ0n) is 14.4. The van der Waals surface area contributed by atoms with Crippen LogP contribution in [0.3, 0.4) is 0 Å². The number of carboxylic acid groups (broad SMARTS) is 1. The first kappa shape index (κ1) is 20.2. The highest BCUT2D eigenvalue weighted by molar-refractivity contribution is 6.30. The molecular formula is C19H22ClFN2O3. The van der Waals surface area contributed by atoms with Crippen LogP contribution in [0.2, 0.25) is 5.02 Å². The molecule has 4 N–H and O–H groups in total. The number of anilines is 1. The van der Waals surface area contributed by atoms with Crippen LogP contribution in [0, 0.1) is 5.82 Å². The average Bonchev–Trinajstić information content (AvgIpc) is 2.58. The number of aliphatic hydroxyl groups is 1. The molecule has 0 aliphatic carbocycles. The predicted octanol–water partition coefficient (Wildman–Crippen LogP) is 3.23. The highest BCUT2D eigenvalue weighted by Gasteiger charge is 2.11. The van der Waals surface area contributed by atoms with Gasteiger partial charge in [-0.2, -0.15) is 0 Å². The molecule has 0 bridgehead atoms. The third kappa shape index (κ3) is 6.29. The molecule has 0 amide bonds. The van der Waals surface area contributed by atoms with Crippen molar-refractivity contribution in [3.05, 3.63) is 64.4 Å². The Morgan fingerprint density at radius 1 is 1.23 bits per heavy atom. The topological polar surface area (TPSA) is 81.6 Å². The molecule has 0 aliphatic rings. The summed E-state index contributed by atoms with van der Waals surface area (Å²) in [5.74, 6) is -1.49. The molecule has 2 rings (SSSR count). The summed E-state index contributed by atoms with van der Waals surface area (Å²) in [6.07, 6.45) is -0.903. The summed E-state index contributed by atoms with van der Waals surface area (Å²) in [6, 6.07) is 11.3. The molecule has 7 heteroatoms. The second kappa shape index (κ2) is 9.52. The largest absolute Gasteiger partial charge is 0.481 e. The molecule has 140 valence electrons. The summed E-state index contributed by atoms with van der Waals surface area (Å²) in [5, 5.41) is 25.6. The van der Waals surface area contributed by atoms with E-state index in [-0.39, 0.29) is 12.5 Å². The van der Waals surface area contributed by atoms with Crippen LogP contribution in [0.25, 0.3) is 0 Å². The number of benzene rings is 2. The molecule has 0 saturated heterocycles. The molecule has 2 aromatic carbocycles. The molecule has 5 nitrogen and oxygen atoms in total. The second-order valence-electron chi connectivity index (χ2n) is 6.15. The number of hydrogen-bond donors (Lipinski definition) is 4. The van der Waals surface area contributed by atoms with Gasteiger partial charge >= 0.3 is 5.97 Å². The first-order valence-corrected chi connectivity index (χ1v) is 8.64. The quantitative estimate of drug-likeness (QED) is 0.537. The standard InChI is InChI=1S/C19H22ClFN2O3/c1-12(22-11-18(24)14-3-2-4-15(20)9-14)10-23-17-6-5-13(7-16(17)21)8-19(25)26/h2-7,9,12,18,22-24H,8,10-11H2,1H3,(H,25,26). The first-order chi connectivity index (χ1) is 12.3. The summed E-state index contributed by atoms with van der Waals surface area (Å²) >= 11 is 5.91. The van der Waals surface area contributed by atoms with Crippen LogP contribution in [-0.4, -0.2) is 35.3 Å². The van der Waals surface area contributed by atoms with E-state index in [9.17, 15) is 14.3 Å². The number of carboxylic acids is 1. The number of hydrogen-bond acceptors (Lipinski definition) is 4. The molecule has 0 spiro atoms. The minimum atomic E-state index is -0.999. The van der Waals surface area contributed by atoms with Gasteiger partial charge in [0.15, 0.2) is 0 Å². The smallest absolute Gasteiger partial charge is 0.307 e. The van der Waals surface area contributed by atoms with Gasteiger partial charge in [-0.3, -0.25) is 4.79 Å². The normalized spacial score (nSPS) is 13.2. The zero-order chi connectivity index (χ0) is 19.1. The highest BCUT2D eigenvalue weighted by atomic mass is 35.5. The molecule has 0 saturated carbocycles. The van der Waals surface area contributed by atoms with Gasteiger partial charge in [-0.15, -0.1) is 0 Å². The number of carbonyl (C=O) groups is 1. The fraction of sp³-hybridized carbons (Fsp3) is 0.316. The van der Waals surface area contributed by atoms with Crippen LogP contribution in [0.5, 0.6) is 0 Å². The monoisotopic (exact) mass is 380 g/mol. The Balaban J connectivity index is 1.81. The van der Waals surface area contributed by atoms with Crippen molar-refractivity contribution in [2.75, 3.05) is 18.4 Å². The molecule has 2 aromatic rings. The minimum Gasteiger partial charge on any atom is -0.481 e. The van der Waals surface area contributed by atoms with E-state index in [2.05, 4.69) is 10.6 Å². The lowest BCUT2D eigenvalue weighted by Crippen LogP contribution is -2.35. The van der Waals surface area contributed by atoms with Crippen LogP contribution in [0.15, 0.2) is 42.5 Å². The zero-order valence-corrected chi connectivity index (χ0v) is 15.1. The van der Waals surface area contributed by atoms with Gasteiger partial charge in [0.25, 0.3) is 0 Å². The molecule has 0 heterocycles. The van der Waals surface area contributed by atoms with Crippen LogP contribution in [0.1, 0.15) is 24.2 Å². The SMILES string of the molecule is CC(CNc1ccc(CC(=O)O)cc1F)NCC(O)c1cccc(Cl)c1. The summed E-state index contributed by atoms with van der Waals surface area (Å²) < 4.78 is 14.0. The van der Waals surface area contributed by atoms with Crippen molar-refractivity contribution >= 4 is 23.3 Å². The minimum absolute atomic E-state index is 0.0260. The van der Waals surface area contributed by atoms with Gasteiger partial charge in [0.2, 0.25) is 0 Å². The van der Waals surface area contributed by atoms with Gasteiger partial charge in [0.05, 0.1) is 18.2 Å². The molecule has 0 radical (unpaired) electrons. The van der Waals surface area contributed by atoms with Crippen LogP contribution in [-0.2, 0) is 11.2 Å². The number of halogens is 2. The van der Waals surface area contributed by atoms with Gasteiger partial charge in [-0.1, -0.05) is 29.8 Å². The van der Waals surface area contributed by atoms with Gasteiger partial charge in [0.1, 0.15) is 5.82 Å². The van der Waals surface area contributed by atoms with Gasteiger partial charge in [-0.05, 0) is 42.3 Å². The summed E-state index contributed by atoms with van der Waals surface area (Å²) in [7, 11) is 0. The van der Waals surface area contributed by atoms with E-state index in [1.165, 1.54) is 12.1 Å². The van der Waals surface area contributed by atoms with Crippen LogP contribution >= 0.6 is 11.6 Å². The average molecular weight is 381 g/mol. The Labute approximate surface area is 156 Å². The molecular weight excluding hydrogens is 359 g/mol. The summed E-state index contributed by atoms with van der Waals surface area (Å²) in [4.78, 5) is 10.7. The molecule has 2 atom stereocenters. The second-order valence-corrected chi connectivity index (χ2v) is 6.58. The van der Waals surface area contributed by atoms with E-state index >= 15 is 0 Å². The van der Waals surface area contributed by atoms with Crippen molar-refractivity contribution in [1.29, 1.82) is 0 Å². The molecule has 2 unspecified atom stereocenters. The Kier molecular flexibility index (Phi) is 7.38. The summed E-state index contributed by atoms with van der Waals surface area (Å²) in [6.45, 7) is 2.69. The Morgan fingerprint density at radius 2 is 2.00 bits per heavy atom.